The largest absolute Gasteiger partial charge is 2.00 e. The fourth-order valence-corrected chi connectivity index (χ4v) is 5.03. The Morgan fingerprint density at radius 2 is 1.69 bits per heavy atom. The van der Waals surface area contributed by atoms with Gasteiger partial charge in [-0.1, -0.05) is 0 Å². The number of hydrogen-bond donors (Lipinski definition) is 1. The average molecular weight is 463 g/mol. The van der Waals surface area contributed by atoms with Crippen LogP contribution in [0.3, 0.4) is 0 Å². The van der Waals surface area contributed by atoms with E-state index in [1.54, 1.807) is 6.92 Å². The number of aliphatic carboxylic acids is 1. The van der Waals surface area contributed by atoms with Crippen molar-refractivity contribution in [2.24, 2.45) is 5.92 Å². The number of carboxylic acid groups (broad SMARTS) is 1. The molecule has 4 rings (SSSR count). The van der Waals surface area contributed by atoms with Crippen molar-refractivity contribution in [2.75, 3.05) is 0 Å². The Morgan fingerprint density at radius 1 is 1.14 bits per heavy atom. The minimum atomic E-state index is -1.31. The van der Waals surface area contributed by atoms with Gasteiger partial charge in [0.05, 0.1) is 23.7 Å². The van der Waals surface area contributed by atoms with E-state index in [9.17, 15) is 19.8 Å². The fraction of sp³-hybridized carbons (Fsp3) is 0.333. The molecular formula is C21H22FeNNaO4S+2. The predicted octanol–water partition coefficient (Wildman–Crippen LogP) is -1.54. The van der Waals surface area contributed by atoms with Crippen LogP contribution >= 0.6 is 11.8 Å². The molecule has 148 valence electrons. The van der Waals surface area contributed by atoms with Crippen molar-refractivity contribution < 1.29 is 66.4 Å². The van der Waals surface area contributed by atoms with Crippen molar-refractivity contribution in [3.05, 3.63) is 74.3 Å². The van der Waals surface area contributed by atoms with Crippen molar-refractivity contribution in [1.82, 2.24) is 4.90 Å². The summed E-state index contributed by atoms with van der Waals surface area (Å²) >= 11 is 1.38. The van der Waals surface area contributed by atoms with Crippen LogP contribution in [0.25, 0.3) is 0 Å². The Hall–Kier alpha value is 0.509. The van der Waals surface area contributed by atoms with Gasteiger partial charge in [0.15, 0.2) is 0 Å². The maximum atomic E-state index is 12.0. The molecule has 1 saturated heterocycles. The predicted molar refractivity (Wildman–Crippen MR) is 101 cm³/mol. The minimum absolute atomic E-state index is 0. The zero-order valence-corrected chi connectivity index (χ0v) is 20.4. The molecule has 0 bridgehead atoms. The third-order valence-corrected chi connectivity index (χ3v) is 6.15. The van der Waals surface area contributed by atoms with E-state index in [1.807, 2.05) is 57.8 Å². The van der Waals surface area contributed by atoms with E-state index in [4.69, 9.17) is 0 Å². The minimum Gasteiger partial charge on any atom is -0.543 e. The number of aliphatic hydroxyl groups is 1. The standard InChI is InChI=1S/C16H18NO4S.C5H5.Fe.Na/c1-9(18)12-14(19)17-13(16(20)21)11(22-15(12)17)8-4-7-10-5-2-3-6-10;1-2-4-5-3-1;;/h2-3,5-6,9,12,15,18H,4,7-8H2,1H3,(H,20,21);1-5H;;/q;;+2;+1/p-1/t9-,12+,15-;;;/m1.../s1. The zero-order chi connectivity index (χ0) is 19.4. The SMILES string of the molecule is C[C@@H](O)[C@H]1C(=O)N2C(C(=O)[O-])=C(CCC[C]3[CH][CH][CH][CH]3)S[C@H]12.[CH]1[CH][CH][CH][CH]1.[Fe+2].[Na+]. The van der Waals surface area contributed by atoms with Gasteiger partial charge in [-0.05, 0) is 89.9 Å². The normalized spacial score (nSPS) is 26.7. The molecule has 2 heterocycles. The number of carbonyl (C=O) groups is 2. The molecule has 1 N–H and O–H groups in total. The number of rotatable bonds is 6. The molecule has 2 saturated carbocycles. The van der Waals surface area contributed by atoms with E-state index < -0.39 is 18.0 Å². The van der Waals surface area contributed by atoms with Crippen LogP contribution in [0.5, 0.6) is 0 Å². The van der Waals surface area contributed by atoms with Crippen molar-refractivity contribution in [1.29, 1.82) is 0 Å². The van der Waals surface area contributed by atoms with Gasteiger partial charge in [0.1, 0.15) is 5.37 Å². The molecule has 3 fully saturated rings. The summed E-state index contributed by atoms with van der Waals surface area (Å²) in [7, 11) is 0. The van der Waals surface area contributed by atoms with Crippen molar-refractivity contribution in [3.63, 3.8) is 0 Å². The van der Waals surface area contributed by atoms with Crippen LogP contribution in [0.2, 0.25) is 0 Å². The van der Waals surface area contributed by atoms with Crippen LogP contribution in [0.4, 0.5) is 0 Å². The maximum absolute atomic E-state index is 12.0. The van der Waals surface area contributed by atoms with Gasteiger partial charge >= 0.3 is 46.6 Å². The van der Waals surface area contributed by atoms with Gasteiger partial charge in [-0.15, -0.1) is 11.8 Å². The molecule has 2 aliphatic heterocycles. The van der Waals surface area contributed by atoms with E-state index in [0.717, 1.165) is 12.8 Å². The molecule has 5 nitrogen and oxygen atoms in total. The summed E-state index contributed by atoms with van der Waals surface area (Å²) in [6, 6.07) is 0. The summed E-state index contributed by atoms with van der Waals surface area (Å²) in [6.45, 7) is 1.56. The number of carbonyl (C=O) groups excluding carboxylic acids is 2. The molecular weight excluding hydrogens is 441 g/mol. The Kier molecular flexibility index (Phi) is 12.5. The topological polar surface area (TPSA) is 80.7 Å². The second-order valence-electron chi connectivity index (χ2n) is 6.65. The van der Waals surface area contributed by atoms with Crippen LogP contribution in [0.15, 0.2) is 10.6 Å². The number of nitrogens with zero attached hydrogens (tertiary/aromatic N) is 1. The smallest absolute Gasteiger partial charge is 0.543 e. The van der Waals surface area contributed by atoms with Gasteiger partial charge in [0.25, 0.3) is 0 Å². The first kappa shape index (κ1) is 27.5. The number of carboxylic acids is 1. The molecule has 2 aliphatic carbocycles. The number of aliphatic hydroxyl groups excluding tert-OH is 1. The number of hydrogen-bond acceptors (Lipinski definition) is 5. The van der Waals surface area contributed by atoms with E-state index >= 15 is 0 Å². The van der Waals surface area contributed by atoms with Crippen LogP contribution < -0.4 is 34.7 Å². The van der Waals surface area contributed by atoms with Gasteiger partial charge in [-0.3, -0.25) is 9.69 Å². The van der Waals surface area contributed by atoms with E-state index in [-0.39, 0.29) is 63.6 Å². The van der Waals surface area contributed by atoms with Gasteiger partial charge in [0, 0.05) is 4.91 Å². The molecule has 0 unspecified atom stereocenters. The fourth-order valence-electron chi connectivity index (χ4n) is 3.37. The quantitative estimate of drug-likeness (QED) is 0.382. The Morgan fingerprint density at radius 3 is 2.17 bits per heavy atom. The van der Waals surface area contributed by atoms with Crippen molar-refractivity contribution in [3.8, 4) is 0 Å². The third kappa shape index (κ3) is 6.74. The van der Waals surface area contributed by atoms with E-state index in [0.29, 0.717) is 11.3 Å². The first-order valence-corrected chi connectivity index (χ1v) is 9.88. The molecule has 0 spiro atoms. The molecule has 1 amide bonds. The molecule has 10 radical (unpaired) electrons. The number of allylic oxidation sites excluding steroid dienone is 1. The van der Waals surface area contributed by atoms with Gasteiger partial charge in [-0.2, -0.15) is 0 Å². The summed E-state index contributed by atoms with van der Waals surface area (Å²) in [6.07, 6.45) is 19.5. The molecule has 0 aromatic carbocycles. The van der Waals surface area contributed by atoms with Crippen molar-refractivity contribution in [2.45, 2.75) is 37.7 Å². The van der Waals surface area contributed by atoms with Crippen LogP contribution in [0.1, 0.15) is 26.2 Å². The first-order chi connectivity index (χ1) is 13.0. The van der Waals surface area contributed by atoms with E-state index in [2.05, 4.69) is 0 Å². The third-order valence-electron chi connectivity index (χ3n) is 4.72. The Balaban J connectivity index is 0.000000527. The average Bonchev–Trinajstić information content (AvgIpc) is 3.36. The Labute approximate surface area is 211 Å². The van der Waals surface area contributed by atoms with Gasteiger partial charge in [0.2, 0.25) is 5.91 Å². The maximum Gasteiger partial charge on any atom is 2.00 e. The summed E-state index contributed by atoms with van der Waals surface area (Å²) in [4.78, 5) is 25.4. The first-order valence-electron chi connectivity index (χ1n) is 9.00. The Bertz CT molecular complexity index is 584. The molecule has 0 aromatic rings. The summed E-state index contributed by atoms with van der Waals surface area (Å²) in [5, 5.41) is 20.7. The zero-order valence-electron chi connectivity index (χ0n) is 16.4. The van der Waals surface area contributed by atoms with Crippen LogP contribution in [-0.2, 0) is 26.7 Å². The monoisotopic (exact) mass is 463 g/mol. The van der Waals surface area contributed by atoms with Gasteiger partial charge in [-0.25, -0.2) is 0 Å². The van der Waals surface area contributed by atoms with Crippen LogP contribution in [-0.4, -0.2) is 33.4 Å². The molecule has 3 atom stereocenters. The number of amides is 1. The molecule has 29 heavy (non-hydrogen) atoms. The number of thioether (sulfide) groups is 1. The van der Waals surface area contributed by atoms with Gasteiger partial charge < -0.3 is 15.0 Å². The van der Waals surface area contributed by atoms with Crippen LogP contribution in [0, 0.1) is 69.6 Å². The number of fused-ring (bicyclic) bond motifs is 1. The molecule has 8 heteroatoms. The summed E-state index contributed by atoms with van der Waals surface area (Å²) in [5.41, 5.74) is -0.000550. The summed E-state index contributed by atoms with van der Waals surface area (Å²) in [5.74, 6) is -0.930. The number of β-lactam (4-membered cyclic amide) rings is 1. The van der Waals surface area contributed by atoms with E-state index in [1.165, 1.54) is 22.6 Å². The second-order valence-corrected chi connectivity index (χ2v) is 7.86. The summed E-state index contributed by atoms with van der Waals surface area (Å²) < 4.78 is 0. The van der Waals surface area contributed by atoms with Crippen molar-refractivity contribution >= 4 is 23.6 Å². The molecule has 4 aliphatic rings. The second kappa shape index (κ2) is 13.1. The molecule has 0 aromatic heterocycles.